The number of furan rings is 1. The fourth-order valence-electron chi connectivity index (χ4n) is 2.05. The molecule has 0 saturated carbocycles. The van der Waals surface area contributed by atoms with Crippen LogP contribution in [-0.2, 0) is 0 Å². The molecule has 4 nitrogen and oxygen atoms in total. The van der Waals surface area contributed by atoms with Crippen LogP contribution in [0.3, 0.4) is 0 Å². The van der Waals surface area contributed by atoms with Crippen LogP contribution in [0.25, 0.3) is 0 Å². The van der Waals surface area contributed by atoms with Gasteiger partial charge in [-0.25, -0.2) is 0 Å². The Hall–Kier alpha value is -0.840. The Bertz CT molecular complexity index is 403. The predicted molar refractivity (Wildman–Crippen MR) is 62.0 cm³/mol. The van der Waals surface area contributed by atoms with Gasteiger partial charge in [0.15, 0.2) is 5.76 Å². The molecule has 1 aliphatic heterocycles. The molecule has 16 heavy (non-hydrogen) atoms. The number of carbonyl (C=O) groups excluding carboxylic acids is 1. The van der Waals surface area contributed by atoms with Gasteiger partial charge >= 0.3 is 0 Å². The van der Waals surface area contributed by atoms with Crippen LogP contribution in [0.4, 0.5) is 0 Å². The van der Waals surface area contributed by atoms with E-state index in [2.05, 4.69) is 11.9 Å². The molecular formula is C11H15ClN2O2. The molecule has 2 N–H and O–H groups in total. The zero-order valence-electron chi connectivity index (χ0n) is 9.20. The number of nitrogens with two attached hydrogens (primary N) is 1. The second-order valence-corrected chi connectivity index (χ2v) is 4.61. The van der Waals surface area contributed by atoms with Gasteiger partial charge in [-0.3, -0.25) is 4.79 Å². The molecule has 1 saturated heterocycles. The lowest BCUT2D eigenvalue weighted by Gasteiger charge is -2.07. The van der Waals surface area contributed by atoms with Gasteiger partial charge in [-0.15, -0.1) is 0 Å². The molecule has 0 radical (unpaired) electrons. The monoisotopic (exact) mass is 242 g/mol. The summed E-state index contributed by atoms with van der Waals surface area (Å²) in [5, 5.41) is 0.539. The van der Waals surface area contributed by atoms with Crippen LogP contribution in [0.15, 0.2) is 10.5 Å². The van der Waals surface area contributed by atoms with E-state index < -0.39 is 0 Å². The van der Waals surface area contributed by atoms with Gasteiger partial charge in [0.25, 0.3) is 0 Å². The number of rotatable bonds is 3. The maximum Gasteiger partial charge on any atom is 0.211 e. The molecule has 1 atom stereocenters. The first-order valence-electron chi connectivity index (χ1n) is 5.33. The highest BCUT2D eigenvalue weighted by Gasteiger charge is 2.27. The van der Waals surface area contributed by atoms with E-state index >= 15 is 0 Å². The molecule has 1 aliphatic rings. The second-order valence-electron chi connectivity index (χ2n) is 4.20. The molecular weight excluding hydrogens is 228 g/mol. The third-order valence-electron chi connectivity index (χ3n) is 2.94. The Kier molecular flexibility index (Phi) is 3.33. The van der Waals surface area contributed by atoms with Gasteiger partial charge in [-0.1, -0.05) is 11.6 Å². The number of Topliss-reactive ketones (excluding diaryl/α,β-unsaturated/α-hetero) is 1. The van der Waals surface area contributed by atoms with Crippen molar-refractivity contribution in [1.82, 2.24) is 4.90 Å². The summed E-state index contributed by atoms with van der Waals surface area (Å²) in [6.07, 6.45) is 1.01. The van der Waals surface area contributed by atoms with E-state index in [1.54, 1.807) is 6.07 Å². The number of hydrogen-bond donors (Lipinski definition) is 1. The summed E-state index contributed by atoms with van der Waals surface area (Å²) >= 11 is 6.07. The third-order valence-corrected chi connectivity index (χ3v) is 3.23. The van der Waals surface area contributed by atoms with Crippen molar-refractivity contribution in [3.63, 3.8) is 0 Å². The van der Waals surface area contributed by atoms with Crippen molar-refractivity contribution >= 4 is 17.4 Å². The summed E-state index contributed by atoms with van der Waals surface area (Å²) in [5.41, 5.74) is 5.28. The summed E-state index contributed by atoms with van der Waals surface area (Å²) in [5.74, 6) is 1.08. The van der Waals surface area contributed by atoms with Crippen LogP contribution in [0.5, 0.6) is 0 Å². The van der Waals surface area contributed by atoms with Crippen LogP contribution < -0.4 is 5.73 Å². The lowest BCUT2D eigenvalue weighted by molar-refractivity contribution is 0.0973. The molecule has 0 bridgehead atoms. The number of likely N-dealkylation sites (tertiary alicyclic amines) is 1. The zero-order chi connectivity index (χ0) is 11.7. The Morgan fingerprint density at radius 2 is 2.50 bits per heavy atom. The van der Waals surface area contributed by atoms with Gasteiger partial charge in [0, 0.05) is 18.5 Å². The fraction of sp³-hybridized carbons (Fsp3) is 0.545. The number of nitrogens with zero attached hydrogens (tertiary/aromatic N) is 1. The Balaban J connectivity index is 2.21. The molecule has 2 rings (SSSR count). The van der Waals surface area contributed by atoms with Gasteiger partial charge in [0.1, 0.15) is 5.76 Å². The normalized spacial score (nSPS) is 21.6. The van der Waals surface area contributed by atoms with E-state index in [-0.39, 0.29) is 24.0 Å². The fourth-order valence-corrected chi connectivity index (χ4v) is 2.34. The average molecular weight is 243 g/mol. The molecule has 1 aromatic rings. The summed E-state index contributed by atoms with van der Waals surface area (Å²) in [6.45, 7) is 1.90. The van der Waals surface area contributed by atoms with E-state index in [1.165, 1.54) is 0 Å². The quantitative estimate of drug-likeness (QED) is 0.816. The van der Waals surface area contributed by atoms with E-state index in [0.717, 1.165) is 25.3 Å². The topological polar surface area (TPSA) is 59.5 Å². The first-order valence-corrected chi connectivity index (χ1v) is 5.70. The van der Waals surface area contributed by atoms with Crippen LogP contribution in [0.2, 0.25) is 5.02 Å². The number of halogens is 1. The van der Waals surface area contributed by atoms with Crippen molar-refractivity contribution in [3.8, 4) is 0 Å². The van der Waals surface area contributed by atoms with Crippen LogP contribution >= 0.6 is 11.6 Å². The van der Waals surface area contributed by atoms with Crippen LogP contribution in [0.1, 0.15) is 28.7 Å². The lowest BCUT2D eigenvalue weighted by Crippen LogP contribution is -2.13. The van der Waals surface area contributed by atoms with E-state index in [0.29, 0.717) is 5.02 Å². The number of hydrogen-bond acceptors (Lipinski definition) is 4. The largest absolute Gasteiger partial charge is 0.456 e. The Labute approximate surface area is 99.3 Å². The van der Waals surface area contributed by atoms with Crippen molar-refractivity contribution in [3.05, 3.63) is 22.6 Å². The molecule has 1 unspecified atom stereocenters. The van der Waals surface area contributed by atoms with Crippen molar-refractivity contribution in [2.75, 3.05) is 26.7 Å². The van der Waals surface area contributed by atoms with E-state index in [9.17, 15) is 4.79 Å². The van der Waals surface area contributed by atoms with Gasteiger partial charge in [-0.2, -0.15) is 0 Å². The molecule has 1 aromatic heterocycles. The first kappa shape index (κ1) is 11.6. The molecule has 5 heteroatoms. The summed E-state index contributed by atoms with van der Waals surface area (Å²) in [6, 6.07) is 1.57. The Morgan fingerprint density at radius 3 is 3.06 bits per heavy atom. The van der Waals surface area contributed by atoms with Gasteiger partial charge < -0.3 is 15.1 Å². The number of ketones is 1. The molecule has 1 fully saturated rings. The Morgan fingerprint density at radius 1 is 1.75 bits per heavy atom. The number of carbonyl (C=O) groups is 1. The van der Waals surface area contributed by atoms with Crippen molar-refractivity contribution in [2.45, 2.75) is 12.3 Å². The highest BCUT2D eigenvalue weighted by atomic mass is 35.5. The molecule has 0 aliphatic carbocycles. The SMILES string of the molecule is CN1CCC(c2oc(C(=O)CN)cc2Cl)C1. The van der Waals surface area contributed by atoms with Gasteiger partial charge in [0.2, 0.25) is 5.78 Å². The summed E-state index contributed by atoms with van der Waals surface area (Å²) < 4.78 is 5.51. The maximum absolute atomic E-state index is 11.4. The minimum Gasteiger partial charge on any atom is -0.456 e. The highest BCUT2D eigenvalue weighted by molar-refractivity contribution is 6.31. The van der Waals surface area contributed by atoms with Crippen molar-refractivity contribution < 1.29 is 9.21 Å². The summed E-state index contributed by atoms with van der Waals surface area (Å²) in [4.78, 5) is 13.6. The predicted octanol–water partition coefficient (Wildman–Crippen LogP) is 1.49. The molecule has 0 spiro atoms. The second kappa shape index (κ2) is 4.57. The maximum atomic E-state index is 11.4. The van der Waals surface area contributed by atoms with E-state index in [1.807, 2.05) is 0 Å². The van der Waals surface area contributed by atoms with E-state index in [4.69, 9.17) is 21.8 Å². The highest BCUT2D eigenvalue weighted by Crippen LogP contribution is 2.33. The van der Waals surface area contributed by atoms with Gasteiger partial charge in [0.05, 0.1) is 11.6 Å². The standard InChI is InChI=1S/C11H15ClN2O2/c1-14-3-2-7(6-14)11-8(12)4-10(16-11)9(15)5-13/h4,7H,2-3,5-6,13H2,1H3. The van der Waals surface area contributed by atoms with Crippen LogP contribution in [0, 0.1) is 0 Å². The van der Waals surface area contributed by atoms with Gasteiger partial charge in [-0.05, 0) is 20.0 Å². The minimum atomic E-state index is -0.209. The third kappa shape index (κ3) is 2.14. The van der Waals surface area contributed by atoms with Crippen molar-refractivity contribution in [1.29, 1.82) is 0 Å². The average Bonchev–Trinajstić information content (AvgIpc) is 2.83. The summed E-state index contributed by atoms with van der Waals surface area (Å²) in [7, 11) is 2.06. The molecule has 2 heterocycles. The lowest BCUT2D eigenvalue weighted by atomic mass is 10.1. The molecule has 0 amide bonds. The first-order chi connectivity index (χ1) is 7.61. The minimum absolute atomic E-state index is 0.0478. The molecule has 0 aromatic carbocycles. The smallest absolute Gasteiger partial charge is 0.211 e. The molecule has 88 valence electrons. The van der Waals surface area contributed by atoms with Crippen LogP contribution in [-0.4, -0.2) is 37.4 Å². The van der Waals surface area contributed by atoms with Crippen molar-refractivity contribution in [2.24, 2.45) is 5.73 Å². The number of likely N-dealkylation sites (N-methyl/N-ethyl adjacent to an activating group) is 1. The zero-order valence-corrected chi connectivity index (χ0v) is 9.96.